The van der Waals surface area contributed by atoms with Gasteiger partial charge < -0.3 is 19.5 Å². The number of likely N-dealkylation sites (tertiary alicyclic amines) is 1. The second kappa shape index (κ2) is 7.77. The zero-order valence-corrected chi connectivity index (χ0v) is 18.7. The molecule has 4 heterocycles. The van der Waals surface area contributed by atoms with Crippen LogP contribution in [0.1, 0.15) is 44.1 Å². The maximum Gasteiger partial charge on any atom is 0.189 e. The first kappa shape index (κ1) is 20.0. The molecule has 1 aliphatic carbocycles. The van der Waals surface area contributed by atoms with E-state index in [0.29, 0.717) is 22.6 Å². The van der Waals surface area contributed by atoms with E-state index in [4.69, 9.17) is 4.74 Å². The largest absolute Gasteiger partial charge is 0.452 e. The fourth-order valence-corrected chi connectivity index (χ4v) is 6.04. The SMILES string of the molecule is Cc1ccc(N2CCC3(CC2)CC(N2CCCC2)C3)c(F)c1Oc1cnc2[nH]ccc2c1. The van der Waals surface area contributed by atoms with E-state index in [-0.39, 0.29) is 5.82 Å². The standard InChI is InChI=1S/C26H31FN4O/c1-18-4-5-22(23(27)24(18)32-21-14-19-6-9-28-25(19)29-17-21)31-12-7-26(8-13-31)15-20(16-26)30-10-2-3-11-30/h4-6,9,14,17,20H,2-3,7-8,10-13,15-16H2,1H3,(H,28,29). The number of fused-ring (bicyclic) bond motifs is 1. The van der Waals surface area contributed by atoms with Crippen LogP contribution < -0.4 is 9.64 Å². The molecular weight excluding hydrogens is 403 g/mol. The summed E-state index contributed by atoms with van der Waals surface area (Å²) < 4.78 is 21.6. The molecule has 2 aliphatic heterocycles. The number of aromatic nitrogens is 2. The van der Waals surface area contributed by atoms with E-state index in [2.05, 4.69) is 19.8 Å². The van der Waals surface area contributed by atoms with Crippen LogP contribution in [0.15, 0.2) is 36.7 Å². The van der Waals surface area contributed by atoms with Crippen LogP contribution in [0.5, 0.6) is 11.5 Å². The van der Waals surface area contributed by atoms with E-state index < -0.39 is 0 Å². The van der Waals surface area contributed by atoms with Gasteiger partial charge in [0.05, 0.1) is 11.9 Å². The lowest BCUT2D eigenvalue weighted by atomic mass is 9.60. The molecule has 0 amide bonds. The number of aryl methyl sites for hydroxylation is 1. The van der Waals surface area contributed by atoms with Gasteiger partial charge in [-0.1, -0.05) is 6.07 Å². The number of rotatable bonds is 4. The summed E-state index contributed by atoms with van der Waals surface area (Å²) in [6.07, 6.45) is 11.2. The molecule has 32 heavy (non-hydrogen) atoms. The highest BCUT2D eigenvalue weighted by molar-refractivity contribution is 5.76. The Bertz CT molecular complexity index is 1120. The van der Waals surface area contributed by atoms with Crippen LogP contribution in [0.3, 0.4) is 0 Å². The molecule has 6 rings (SSSR count). The van der Waals surface area contributed by atoms with Crippen molar-refractivity contribution in [3.63, 3.8) is 0 Å². The molecule has 1 spiro atoms. The van der Waals surface area contributed by atoms with Crippen LogP contribution in [-0.4, -0.2) is 47.1 Å². The maximum absolute atomic E-state index is 15.6. The van der Waals surface area contributed by atoms with Gasteiger partial charge in [0.2, 0.25) is 0 Å². The number of ether oxygens (including phenoxy) is 1. The highest BCUT2D eigenvalue weighted by Gasteiger charge is 2.48. The topological polar surface area (TPSA) is 44.4 Å². The molecule has 3 fully saturated rings. The van der Waals surface area contributed by atoms with Crippen molar-refractivity contribution in [2.75, 3.05) is 31.1 Å². The zero-order chi connectivity index (χ0) is 21.7. The minimum atomic E-state index is -0.265. The van der Waals surface area contributed by atoms with Gasteiger partial charge in [-0.2, -0.15) is 0 Å². The molecule has 1 saturated carbocycles. The molecule has 2 saturated heterocycles. The van der Waals surface area contributed by atoms with Gasteiger partial charge in [0, 0.05) is 30.7 Å². The summed E-state index contributed by atoms with van der Waals surface area (Å²) in [5, 5.41) is 0.950. The second-order valence-electron chi connectivity index (χ2n) is 10.0. The molecule has 2 aromatic heterocycles. The number of anilines is 1. The van der Waals surface area contributed by atoms with E-state index in [0.717, 1.165) is 48.6 Å². The van der Waals surface area contributed by atoms with Gasteiger partial charge in [-0.3, -0.25) is 0 Å². The van der Waals surface area contributed by atoms with E-state index >= 15 is 4.39 Å². The van der Waals surface area contributed by atoms with Gasteiger partial charge in [-0.25, -0.2) is 9.37 Å². The molecule has 0 bridgehead atoms. The number of halogens is 1. The van der Waals surface area contributed by atoms with Crippen LogP contribution >= 0.6 is 0 Å². The third-order valence-electron chi connectivity index (χ3n) is 8.03. The summed E-state index contributed by atoms with van der Waals surface area (Å²) in [6.45, 7) is 6.31. The molecule has 0 radical (unpaired) electrons. The van der Waals surface area contributed by atoms with Gasteiger partial charge >= 0.3 is 0 Å². The number of benzene rings is 1. The minimum absolute atomic E-state index is 0.265. The smallest absolute Gasteiger partial charge is 0.189 e. The molecular formula is C26H31FN4O. The number of nitrogens with zero attached hydrogens (tertiary/aromatic N) is 3. The Morgan fingerprint density at radius 2 is 1.88 bits per heavy atom. The van der Waals surface area contributed by atoms with Crippen molar-refractivity contribution in [2.45, 2.75) is 51.5 Å². The summed E-state index contributed by atoms with van der Waals surface area (Å²) in [4.78, 5) is 12.3. The Kier molecular flexibility index (Phi) is 4.86. The lowest BCUT2D eigenvalue weighted by Crippen LogP contribution is -2.54. The average Bonchev–Trinajstić information content (AvgIpc) is 3.47. The van der Waals surface area contributed by atoms with Crippen LogP contribution in [0, 0.1) is 18.2 Å². The van der Waals surface area contributed by atoms with Gasteiger partial charge in [0.15, 0.2) is 11.6 Å². The molecule has 3 aliphatic rings. The maximum atomic E-state index is 15.6. The van der Waals surface area contributed by atoms with Crippen LogP contribution in [0.25, 0.3) is 11.0 Å². The van der Waals surface area contributed by atoms with E-state index in [1.54, 1.807) is 6.20 Å². The van der Waals surface area contributed by atoms with Crippen molar-refractivity contribution in [3.05, 3.63) is 48.0 Å². The molecule has 1 aromatic carbocycles. The predicted molar refractivity (Wildman–Crippen MR) is 125 cm³/mol. The number of aromatic amines is 1. The number of nitrogens with one attached hydrogen (secondary N) is 1. The average molecular weight is 435 g/mol. The van der Waals surface area contributed by atoms with Crippen LogP contribution in [-0.2, 0) is 0 Å². The number of H-pyrrole nitrogens is 1. The molecule has 6 heteroatoms. The van der Waals surface area contributed by atoms with Crippen molar-refractivity contribution < 1.29 is 9.13 Å². The van der Waals surface area contributed by atoms with Gasteiger partial charge in [0.25, 0.3) is 0 Å². The Morgan fingerprint density at radius 3 is 2.66 bits per heavy atom. The minimum Gasteiger partial charge on any atom is -0.452 e. The number of pyridine rings is 1. The first-order valence-corrected chi connectivity index (χ1v) is 12.0. The Morgan fingerprint density at radius 1 is 1.09 bits per heavy atom. The highest BCUT2D eigenvalue weighted by Crippen LogP contribution is 2.52. The third-order valence-corrected chi connectivity index (χ3v) is 8.03. The van der Waals surface area contributed by atoms with Crippen molar-refractivity contribution in [1.82, 2.24) is 14.9 Å². The Labute approximate surface area is 188 Å². The molecule has 0 atom stereocenters. The van der Waals surface area contributed by atoms with Crippen molar-refractivity contribution in [3.8, 4) is 11.5 Å². The quantitative estimate of drug-likeness (QED) is 0.577. The fraction of sp³-hybridized carbons (Fsp3) is 0.500. The molecule has 5 nitrogen and oxygen atoms in total. The molecule has 0 unspecified atom stereocenters. The Balaban J connectivity index is 1.16. The molecule has 1 N–H and O–H groups in total. The summed E-state index contributed by atoms with van der Waals surface area (Å²) in [5.74, 6) is 0.590. The normalized spacial score (nSPS) is 21.4. The molecule has 3 aromatic rings. The lowest BCUT2D eigenvalue weighted by Gasteiger charge is -2.55. The summed E-state index contributed by atoms with van der Waals surface area (Å²) in [6, 6.07) is 8.51. The zero-order valence-electron chi connectivity index (χ0n) is 18.7. The number of hydrogen-bond donors (Lipinski definition) is 1. The van der Waals surface area contributed by atoms with Crippen molar-refractivity contribution in [2.24, 2.45) is 5.41 Å². The van der Waals surface area contributed by atoms with Crippen LogP contribution in [0.4, 0.5) is 10.1 Å². The molecule has 168 valence electrons. The van der Waals surface area contributed by atoms with Gasteiger partial charge in [-0.05, 0) is 87.7 Å². The Hall–Kier alpha value is -2.60. The summed E-state index contributed by atoms with van der Waals surface area (Å²) in [7, 11) is 0. The summed E-state index contributed by atoms with van der Waals surface area (Å²) in [5.41, 5.74) is 2.74. The third kappa shape index (κ3) is 3.45. The number of hydrogen-bond acceptors (Lipinski definition) is 4. The highest BCUT2D eigenvalue weighted by atomic mass is 19.1. The van der Waals surface area contributed by atoms with Gasteiger partial charge in [0.1, 0.15) is 11.4 Å². The van der Waals surface area contributed by atoms with Gasteiger partial charge in [-0.15, -0.1) is 0 Å². The first-order valence-electron chi connectivity index (χ1n) is 12.0. The summed E-state index contributed by atoms with van der Waals surface area (Å²) >= 11 is 0. The first-order chi connectivity index (χ1) is 15.6. The van der Waals surface area contributed by atoms with Crippen molar-refractivity contribution >= 4 is 16.7 Å². The fourth-order valence-electron chi connectivity index (χ4n) is 6.04. The van der Waals surface area contributed by atoms with Crippen molar-refractivity contribution in [1.29, 1.82) is 0 Å². The van der Waals surface area contributed by atoms with Crippen LogP contribution in [0.2, 0.25) is 0 Å². The predicted octanol–water partition coefficient (Wildman–Crippen LogP) is 5.65. The lowest BCUT2D eigenvalue weighted by molar-refractivity contribution is -0.00653. The van der Waals surface area contributed by atoms with E-state index in [1.165, 1.54) is 38.8 Å². The van der Waals surface area contributed by atoms with E-state index in [1.807, 2.05) is 37.4 Å². The number of piperidine rings is 1. The second-order valence-corrected chi connectivity index (χ2v) is 10.0. The van der Waals surface area contributed by atoms with E-state index in [9.17, 15) is 0 Å². The monoisotopic (exact) mass is 434 g/mol.